The quantitative estimate of drug-likeness (QED) is 0.0261. The zero-order chi connectivity index (χ0) is 52.2. The lowest BCUT2D eigenvalue weighted by molar-refractivity contribution is -0.167. The van der Waals surface area contributed by atoms with E-state index >= 15 is 0 Å². The molecule has 0 aliphatic carbocycles. The van der Waals surface area contributed by atoms with Crippen LogP contribution in [0.3, 0.4) is 0 Å². The molecule has 6 heteroatoms. The van der Waals surface area contributed by atoms with Gasteiger partial charge in [0.05, 0.1) is 0 Å². The summed E-state index contributed by atoms with van der Waals surface area (Å²) in [7, 11) is 0. The third-order valence-electron chi connectivity index (χ3n) is 13.7. The minimum absolute atomic E-state index is 0.0860. The van der Waals surface area contributed by atoms with E-state index in [-0.39, 0.29) is 31.1 Å². The van der Waals surface area contributed by atoms with E-state index in [4.69, 9.17) is 14.2 Å². The van der Waals surface area contributed by atoms with E-state index in [1.54, 1.807) is 0 Å². The second-order valence-corrected chi connectivity index (χ2v) is 21.0. The third kappa shape index (κ3) is 58.0. The monoisotopic (exact) mass is 1010 g/mol. The molecule has 0 saturated heterocycles. The maximum absolute atomic E-state index is 12.9. The van der Waals surface area contributed by atoms with Crippen LogP contribution in [-0.4, -0.2) is 37.2 Å². The number of allylic oxidation sites excluding steroid dienone is 10. The minimum Gasteiger partial charge on any atom is -0.462 e. The summed E-state index contributed by atoms with van der Waals surface area (Å²) in [6.07, 6.45) is 76.4. The third-order valence-corrected chi connectivity index (χ3v) is 13.7. The first-order valence-corrected chi connectivity index (χ1v) is 31.3. The normalized spacial score (nSPS) is 12.4. The van der Waals surface area contributed by atoms with E-state index in [1.165, 1.54) is 193 Å². The summed E-state index contributed by atoms with van der Waals surface area (Å²) in [5, 5.41) is 0. The van der Waals surface area contributed by atoms with E-state index in [1.807, 2.05) is 0 Å². The van der Waals surface area contributed by atoms with Crippen molar-refractivity contribution >= 4 is 17.9 Å². The van der Waals surface area contributed by atoms with Gasteiger partial charge in [-0.3, -0.25) is 14.4 Å². The topological polar surface area (TPSA) is 78.9 Å². The first kappa shape index (κ1) is 69.1. The highest BCUT2D eigenvalue weighted by Crippen LogP contribution is 2.17. The van der Waals surface area contributed by atoms with Crippen LogP contribution in [0.5, 0.6) is 0 Å². The molecule has 1 atom stereocenters. The molecule has 0 aromatic heterocycles. The zero-order valence-corrected chi connectivity index (χ0v) is 47.9. The zero-order valence-electron chi connectivity index (χ0n) is 47.9. The van der Waals surface area contributed by atoms with Gasteiger partial charge in [0.1, 0.15) is 13.2 Å². The summed E-state index contributed by atoms with van der Waals surface area (Å²) < 4.78 is 16.9. The van der Waals surface area contributed by atoms with Crippen LogP contribution in [0.4, 0.5) is 0 Å². The standard InChI is InChI=1S/C66H118O6/c1-4-7-10-13-16-19-22-25-28-31-33-35-38-41-44-47-50-53-56-59-65(68)71-62-63(61-70-64(67)58-55-52-49-46-43-40-37-30-27-24-21-18-15-12-9-6-3)72-66(69)60-57-54-51-48-45-42-39-36-34-32-29-26-23-20-17-14-11-8-5-2/h16,19,25,28,30,33,35,37,41,44,63H,4-15,17-18,20-24,26-27,29,31-32,34,36,38-40,42-43,45-62H2,1-3H3/b19-16-,28-25-,35-33-,37-30-,44-41-/t63-/m1/s1. The summed E-state index contributed by atoms with van der Waals surface area (Å²) in [5.41, 5.74) is 0. The number of ether oxygens (including phenoxy) is 3. The van der Waals surface area contributed by atoms with Gasteiger partial charge < -0.3 is 14.2 Å². The Bertz CT molecular complexity index is 1290. The van der Waals surface area contributed by atoms with E-state index in [0.29, 0.717) is 19.3 Å². The van der Waals surface area contributed by atoms with Gasteiger partial charge in [-0.1, -0.05) is 274 Å². The summed E-state index contributed by atoms with van der Waals surface area (Å²) in [5.74, 6) is -0.908. The number of rotatable bonds is 57. The van der Waals surface area contributed by atoms with Crippen molar-refractivity contribution in [3.8, 4) is 0 Å². The van der Waals surface area contributed by atoms with Crippen LogP contribution in [0.2, 0.25) is 0 Å². The molecular weight excluding hydrogens is 889 g/mol. The molecule has 0 fully saturated rings. The number of carbonyl (C=O) groups is 3. The van der Waals surface area contributed by atoms with Crippen molar-refractivity contribution in [2.45, 2.75) is 329 Å². The fourth-order valence-corrected chi connectivity index (χ4v) is 9.01. The Balaban J connectivity index is 4.41. The molecule has 0 N–H and O–H groups in total. The van der Waals surface area contributed by atoms with Gasteiger partial charge in [-0.05, 0) is 89.9 Å². The summed E-state index contributed by atoms with van der Waals surface area (Å²) in [4.78, 5) is 38.3. The molecule has 0 rings (SSSR count). The van der Waals surface area contributed by atoms with Crippen LogP contribution >= 0.6 is 0 Å². The van der Waals surface area contributed by atoms with Gasteiger partial charge in [0.2, 0.25) is 0 Å². The molecule has 418 valence electrons. The predicted octanol–water partition coefficient (Wildman–Crippen LogP) is 21.2. The number of hydrogen-bond donors (Lipinski definition) is 0. The highest BCUT2D eigenvalue weighted by molar-refractivity contribution is 5.71. The summed E-state index contributed by atoms with van der Waals surface area (Å²) in [6, 6.07) is 0. The van der Waals surface area contributed by atoms with Crippen LogP contribution < -0.4 is 0 Å². The molecule has 0 aliphatic heterocycles. The molecule has 0 amide bonds. The number of carbonyl (C=O) groups excluding carboxylic acids is 3. The SMILES string of the molecule is CCCCC/C=C\C/C=C\C/C=C\C/C=C\CCCCCC(=O)OC[C@@H](COC(=O)CCCCCCC/C=C\CCCCCCCCC)OC(=O)CCCCCCCCCCCCCCCCCCCCC. The Morgan fingerprint density at radius 1 is 0.278 bits per heavy atom. The molecule has 0 radical (unpaired) electrons. The Hall–Kier alpha value is -2.89. The van der Waals surface area contributed by atoms with E-state index in [2.05, 4.69) is 81.5 Å². The first-order valence-electron chi connectivity index (χ1n) is 31.3. The maximum Gasteiger partial charge on any atom is 0.306 e. The lowest BCUT2D eigenvalue weighted by atomic mass is 10.0. The van der Waals surface area contributed by atoms with Crippen molar-refractivity contribution in [2.75, 3.05) is 13.2 Å². The largest absolute Gasteiger partial charge is 0.462 e. The fraction of sp³-hybridized carbons (Fsp3) is 0.803. The minimum atomic E-state index is -0.790. The number of hydrogen-bond acceptors (Lipinski definition) is 6. The number of esters is 3. The van der Waals surface area contributed by atoms with Crippen molar-refractivity contribution in [1.29, 1.82) is 0 Å². The second-order valence-electron chi connectivity index (χ2n) is 21.0. The highest BCUT2D eigenvalue weighted by atomic mass is 16.6. The van der Waals surface area contributed by atoms with E-state index in [9.17, 15) is 14.4 Å². The molecular formula is C66H118O6. The van der Waals surface area contributed by atoms with Crippen LogP contribution in [-0.2, 0) is 28.6 Å². The van der Waals surface area contributed by atoms with Crippen LogP contribution in [0.15, 0.2) is 60.8 Å². The molecule has 0 aromatic carbocycles. The lowest BCUT2D eigenvalue weighted by Crippen LogP contribution is -2.30. The molecule has 0 spiro atoms. The first-order chi connectivity index (χ1) is 35.5. The van der Waals surface area contributed by atoms with Crippen molar-refractivity contribution in [3.05, 3.63) is 60.8 Å². The smallest absolute Gasteiger partial charge is 0.306 e. The highest BCUT2D eigenvalue weighted by Gasteiger charge is 2.19. The Morgan fingerprint density at radius 2 is 0.500 bits per heavy atom. The van der Waals surface area contributed by atoms with Crippen LogP contribution in [0.25, 0.3) is 0 Å². The van der Waals surface area contributed by atoms with Crippen molar-refractivity contribution in [3.63, 3.8) is 0 Å². The van der Waals surface area contributed by atoms with E-state index in [0.717, 1.165) is 89.9 Å². The van der Waals surface area contributed by atoms with Gasteiger partial charge in [0.25, 0.3) is 0 Å². The second kappa shape index (κ2) is 60.7. The van der Waals surface area contributed by atoms with Gasteiger partial charge >= 0.3 is 17.9 Å². The van der Waals surface area contributed by atoms with Crippen molar-refractivity contribution in [1.82, 2.24) is 0 Å². The Labute approximate surface area is 447 Å². The molecule has 72 heavy (non-hydrogen) atoms. The summed E-state index contributed by atoms with van der Waals surface area (Å²) >= 11 is 0. The number of unbranched alkanes of at least 4 members (excludes halogenated alkanes) is 36. The van der Waals surface area contributed by atoms with Crippen LogP contribution in [0.1, 0.15) is 323 Å². The molecule has 0 bridgehead atoms. The van der Waals surface area contributed by atoms with Crippen molar-refractivity contribution < 1.29 is 28.6 Å². The van der Waals surface area contributed by atoms with Gasteiger partial charge in [0.15, 0.2) is 6.10 Å². The molecule has 0 aliphatic rings. The van der Waals surface area contributed by atoms with Gasteiger partial charge in [-0.15, -0.1) is 0 Å². The molecule has 0 heterocycles. The molecule has 0 aromatic rings. The fourth-order valence-electron chi connectivity index (χ4n) is 9.01. The van der Waals surface area contributed by atoms with Gasteiger partial charge in [-0.25, -0.2) is 0 Å². The van der Waals surface area contributed by atoms with Gasteiger partial charge in [-0.2, -0.15) is 0 Å². The predicted molar refractivity (Wildman–Crippen MR) is 312 cm³/mol. The van der Waals surface area contributed by atoms with Crippen LogP contribution in [0, 0.1) is 0 Å². The molecule has 0 unspecified atom stereocenters. The summed E-state index contributed by atoms with van der Waals surface area (Å²) in [6.45, 7) is 6.62. The average Bonchev–Trinajstić information content (AvgIpc) is 3.38. The van der Waals surface area contributed by atoms with E-state index < -0.39 is 6.10 Å². The molecule has 0 saturated carbocycles. The Kier molecular flexibility index (Phi) is 58.2. The lowest BCUT2D eigenvalue weighted by Gasteiger charge is -2.18. The average molecular weight is 1010 g/mol. The Morgan fingerprint density at radius 3 is 0.833 bits per heavy atom. The van der Waals surface area contributed by atoms with Gasteiger partial charge in [0, 0.05) is 19.3 Å². The van der Waals surface area contributed by atoms with Crippen molar-refractivity contribution in [2.24, 2.45) is 0 Å². The molecule has 6 nitrogen and oxygen atoms in total. The maximum atomic E-state index is 12.9.